The fourth-order valence-corrected chi connectivity index (χ4v) is 1.73. The molecule has 1 heterocycles. The number of carboxylic acid groups (broad SMARTS) is 1. The molecule has 100 valence electrons. The van der Waals surface area contributed by atoms with Gasteiger partial charge in [-0.2, -0.15) is 0 Å². The summed E-state index contributed by atoms with van der Waals surface area (Å²) in [7, 11) is 1.62. The summed E-state index contributed by atoms with van der Waals surface area (Å²) in [5.41, 5.74) is 2.00. The molecule has 2 N–H and O–H groups in total. The molecule has 0 spiro atoms. The minimum absolute atomic E-state index is 0.0525. The molecule has 0 bridgehead atoms. The molecule has 0 saturated carbocycles. The number of carboxylic acids is 1. The first-order valence-electron chi connectivity index (χ1n) is 5.80. The van der Waals surface area contributed by atoms with Gasteiger partial charge in [0, 0.05) is 5.69 Å². The van der Waals surface area contributed by atoms with Crippen LogP contribution >= 0.6 is 0 Å². The third-order valence-corrected chi connectivity index (χ3v) is 2.76. The van der Waals surface area contributed by atoms with Gasteiger partial charge in [-0.25, -0.2) is 4.79 Å². The summed E-state index contributed by atoms with van der Waals surface area (Å²) < 4.78 is 10.3. The van der Waals surface area contributed by atoms with Crippen LogP contribution < -0.4 is 10.1 Å². The maximum atomic E-state index is 10.7. The third kappa shape index (κ3) is 3.07. The zero-order valence-electron chi connectivity index (χ0n) is 10.8. The molecule has 0 saturated heterocycles. The highest BCUT2D eigenvalue weighted by Gasteiger charge is 2.09. The Hall–Kier alpha value is -2.43. The molecule has 0 radical (unpaired) electrons. The van der Waals surface area contributed by atoms with Crippen molar-refractivity contribution >= 4 is 11.7 Å². The van der Waals surface area contributed by atoms with Crippen molar-refractivity contribution in [3.05, 3.63) is 47.4 Å². The highest BCUT2D eigenvalue weighted by molar-refractivity contribution is 5.84. The number of benzene rings is 1. The van der Waals surface area contributed by atoms with Gasteiger partial charge in [0.1, 0.15) is 11.5 Å². The number of nitrogens with one attached hydrogen (secondary N) is 1. The second-order valence-corrected chi connectivity index (χ2v) is 4.11. The largest absolute Gasteiger partial charge is 0.497 e. The van der Waals surface area contributed by atoms with E-state index in [1.807, 2.05) is 25.1 Å². The van der Waals surface area contributed by atoms with E-state index >= 15 is 0 Å². The summed E-state index contributed by atoms with van der Waals surface area (Å²) >= 11 is 0. The first-order valence-corrected chi connectivity index (χ1v) is 5.80. The van der Waals surface area contributed by atoms with Gasteiger partial charge in [0.15, 0.2) is 0 Å². The van der Waals surface area contributed by atoms with E-state index < -0.39 is 5.97 Å². The van der Waals surface area contributed by atoms with Crippen LogP contribution in [0.15, 0.2) is 34.7 Å². The topological polar surface area (TPSA) is 71.7 Å². The Balaban J connectivity index is 2.03. The van der Waals surface area contributed by atoms with E-state index in [9.17, 15) is 4.79 Å². The molecular weight excluding hydrogens is 246 g/mol. The molecule has 19 heavy (non-hydrogen) atoms. The molecule has 0 aliphatic rings. The smallest absolute Gasteiger partial charge is 0.371 e. The van der Waals surface area contributed by atoms with Gasteiger partial charge < -0.3 is 19.6 Å². The van der Waals surface area contributed by atoms with Crippen LogP contribution in [0.4, 0.5) is 5.69 Å². The van der Waals surface area contributed by atoms with E-state index in [1.54, 1.807) is 13.2 Å². The zero-order chi connectivity index (χ0) is 13.8. The molecule has 1 aromatic heterocycles. The molecule has 0 atom stereocenters. The molecule has 0 aliphatic heterocycles. The van der Waals surface area contributed by atoms with Crippen molar-refractivity contribution in [3.63, 3.8) is 0 Å². The Morgan fingerprint density at radius 3 is 2.74 bits per heavy atom. The maximum Gasteiger partial charge on any atom is 0.371 e. The molecule has 1 aromatic carbocycles. The van der Waals surface area contributed by atoms with Crippen LogP contribution in [0.5, 0.6) is 5.75 Å². The highest BCUT2D eigenvalue weighted by atomic mass is 16.5. The fourth-order valence-electron chi connectivity index (χ4n) is 1.73. The lowest BCUT2D eigenvalue weighted by molar-refractivity contribution is 0.0660. The molecule has 0 unspecified atom stereocenters. The van der Waals surface area contributed by atoms with Gasteiger partial charge in [-0.05, 0) is 42.8 Å². The van der Waals surface area contributed by atoms with Crippen LogP contribution in [0, 0.1) is 6.92 Å². The average molecular weight is 261 g/mol. The van der Waals surface area contributed by atoms with Crippen molar-refractivity contribution < 1.29 is 19.1 Å². The lowest BCUT2D eigenvalue weighted by Gasteiger charge is -2.09. The summed E-state index contributed by atoms with van der Waals surface area (Å²) in [6.07, 6.45) is 0. The molecular formula is C14H15NO4. The predicted molar refractivity (Wildman–Crippen MR) is 70.7 cm³/mol. The van der Waals surface area contributed by atoms with Crippen molar-refractivity contribution in [1.82, 2.24) is 0 Å². The summed E-state index contributed by atoms with van der Waals surface area (Å²) in [5.74, 6) is 0.261. The average Bonchev–Trinajstić information content (AvgIpc) is 2.86. The number of anilines is 1. The second-order valence-electron chi connectivity index (χ2n) is 4.11. The van der Waals surface area contributed by atoms with Gasteiger partial charge in [0.05, 0.1) is 13.7 Å². The van der Waals surface area contributed by atoms with E-state index in [4.69, 9.17) is 14.3 Å². The number of hydrogen-bond donors (Lipinski definition) is 2. The van der Waals surface area contributed by atoms with Gasteiger partial charge in [-0.15, -0.1) is 0 Å². The van der Waals surface area contributed by atoms with Crippen molar-refractivity contribution in [2.24, 2.45) is 0 Å². The number of methoxy groups -OCH3 is 1. The van der Waals surface area contributed by atoms with E-state index in [-0.39, 0.29) is 5.76 Å². The van der Waals surface area contributed by atoms with Crippen molar-refractivity contribution in [1.29, 1.82) is 0 Å². The van der Waals surface area contributed by atoms with Gasteiger partial charge in [0.25, 0.3) is 0 Å². The Morgan fingerprint density at radius 1 is 1.37 bits per heavy atom. The first-order chi connectivity index (χ1) is 9.10. The minimum atomic E-state index is -1.06. The lowest BCUT2D eigenvalue weighted by Crippen LogP contribution is -2.00. The number of hydrogen-bond acceptors (Lipinski definition) is 4. The van der Waals surface area contributed by atoms with Crippen LogP contribution in [-0.2, 0) is 6.54 Å². The van der Waals surface area contributed by atoms with Gasteiger partial charge in [0.2, 0.25) is 5.76 Å². The van der Waals surface area contributed by atoms with Crippen molar-refractivity contribution in [2.75, 3.05) is 12.4 Å². The molecule has 2 aromatic rings. The van der Waals surface area contributed by atoms with E-state index in [0.717, 1.165) is 17.0 Å². The Labute approximate surface area is 110 Å². The quantitative estimate of drug-likeness (QED) is 0.865. The van der Waals surface area contributed by atoms with Crippen LogP contribution in [0.1, 0.15) is 21.9 Å². The Kier molecular flexibility index (Phi) is 3.75. The fraction of sp³-hybridized carbons (Fsp3) is 0.214. The standard InChI is InChI=1S/C14H15NO4/c1-9-7-10(18-2)3-5-12(9)15-8-11-4-6-13(19-11)14(16)17/h3-7,15H,8H2,1-2H3,(H,16,17). The van der Waals surface area contributed by atoms with E-state index in [2.05, 4.69) is 5.32 Å². The van der Waals surface area contributed by atoms with Crippen molar-refractivity contribution in [2.45, 2.75) is 13.5 Å². The first kappa shape index (κ1) is 13.0. The molecule has 0 fully saturated rings. The summed E-state index contributed by atoms with van der Waals surface area (Å²) in [4.78, 5) is 10.7. The van der Waals surface area contributed by atoms with Gasteiger partial charge in [-0.3, -0.25) is 0 Å². The molecule has 5 heteroatoms. The van der Waals surface area contributed by atoms with Crippen LogP contribution in [-0.4, -0.2) is 18.2 Å². The molecule has 0 amide bonds. The zero-order valence-corrected chi connectivity index (χ0v) is 10.8. The monoisotopic (exact) mass is 261 g/mol. The number of aromatic carboxylic acids is 1. The SMILES string of the molecule is COc1ccc(NCc2ccc(C(=O)O)o2)c(C)c1. The maximum absolute atomic E-state index is 10.7. The molecule has 0 aliphatic carbocycles. The predicted octanol–water partition coefficient (Wildman–Crippen LogP) is 2.91. The van der Waals surface area contributed by atoms with Crippen molar-refractivity contribution in [3.8, 4) is 5.75 Å². The van der Waals surface area contributed by atoms with Crippen LogP contribution in [0.25, 0.3) is 0 Å². The Morgan fingerprint density at radius 2 is 2.16 bits per heavy atom. The second kappa shape index (κ2) is 5.48. The third-order valence-electron chi connectivity index (χ3n) is 2.76. The molecule has 5 nitrogen and oxygen atoms in total. The normalized spacial score (nSPS) is 10.2. The Bertz CT molecular complexity index is 589. The number of carbonyl (C=O) groups is 1. The number of furan rings is 1. The van der Waals surface area contributed by atoms with E-state index in [0.29, 0.717) is 12.3 Å². The van der Waals surface area contributed by atoms with Crippen LogP contribution in [0.3, 0.4) is 0 Å². The summed E-state index contributed by atoms with van der Waals surface area (Å²) in [6, 6.07) is 8.79. The number of aryl methyl sites for hydroxylation is 1. The van der Waals surface area contributed by atoms with E-state index in [1.165, 1.54) is 6.07 Å². The number of rotatable bonds is 5. The lowest BCUT2D eigenvalue weighted by atomic mass is 10.2. The van der Waals surface area contributed by atoms with Gasteiger partial charge in [-0.1, -0.05) is 0 Å². The summed E-state index contributed by atoms with van der Waals surface area (Å²) in [6.45, 7) is 2.40. The highest BCUT2D eigenvalue weighted by Crippen LogP contribution is 2.21. The minimum Gasteiger partial charge on any atom is -0.497 e. The summed E-state index contributed by atoms with van der Waals surface area (Å²) in [5, 5.41) is 11.9. The van der Waals surface area contributed by atoms with Gasteiger partial charge >= 0.3 is 5.97 Å². The van der Waals surface area contributed by atoms with Crippen LogP contribution in [0.2, 0.25) is 0 Å². The molecule has 2 rings (SSSR count). The number of ether oxygens (including phenoxy) is 1.